The van der Waals surface area contributed by atoms with Crippen LogP contribution in [0.25, 0.3) is 32.4 Å². The minimum Gasteiger partial charge on any atom is -0.376 e. The van der Waals surface area contributed by atoms with Gasteiger partial charge in [0.2, 0.25) is 11.7 Å². The quantitative estimate of drug-likeness (QED) is 0.472. The molecule has 32 heavy (non-hydrogen) atoms. The first-order valence-corrected chi connectivity index (χ1v) is 11.0. The van der Waals surface area contributed by atoms with E-state index in [9.17, 15) is 9.59 Å². The third-order valence-corrected chi connectivity index (χ3v) is 6.53. The monoisotopic (exact) mass is 452 g/mol. The average molecular weight is 452 g/mol. The summed E-state index contributed by atoms with van der Waals surface area (Å²) in [5, 5.41) is 7.31. The van der Waals surface area contributed by atoms with E-state index < -0.39 is 0 Å². The van der Waals surface area contributed by atoms with Crippen LogP contribution in [0.4, 0.5) is 0 Å². The highest BCUT2D eigenvalue weighted by atomic mass is 32.1. The maximum Gasteiger partial charge on any atom is 0.268 e. The lowest BCUT2D eigenvalue weighted by molar-refractivity contribution is -0.122. The number of ether oxygens (including phenoxy) is 1. The fourth-order valence-corrected chi connectivity index (χ4v) is 4.71. The standard InChI is InChI=1S/C21H20N6O4S/c1-12-16-20(32-17(12)19-25-18(26-31-19)13-4-6-22-7-5-13)24-11-27(21(16)29)10-15(28)23-9-14-3-2-8-30-14/h4-7,11,14H,2-3,8-10H2,1H3,(H,23,28). The highest BCUT2D eigenvalue weighted by molar-refractivity contribution is 7.22. The van der Waals surface area contributed by atoms with Crippen LogP contribution < -0.4 is 10.9 Å². The Morgan fingerprint density at radius 1 is 1.34 bits per heavy atom. The zero-order chi connectivity index (χ0) is 22.1. The van der Waals surface area contributed by atoms with Crippen molar-refractivity contribution in [2.75, 3.05) is 13.2 Å². The maximum absolute atomic E-state index is 13.1. The molecule has 1 aliphatic rings. The highest BCUT2D eigenvalue weighted by Crippen LogP contribution is 2.35. The van der Waals surface area contributed by atoms with Gasteiger partial charge < -0.3 is 14.6 Å². The Bertz CT molecular complexity index is 1320. The van der Waals surface area contributed by atoms with E-state index in [0.29, 0.717) is 38.9 Å². The topological polar surface area (TPSA) is 125 Å². The van der Waals surface area contributed by atoms with Crippen LogP contribution in [0.2, 0.25) is 0 Å². The van der Waals surface area contributed by atoms with Crippen LogP contribution in [0.1, 0.15) is 18.4 Å². The van der Waals surface area contributed by atoms with Crippen molar-refractivity contribution in [3.63, 3.8) is 0 Å². The van der Waals surface area contributed by atoms with Gasteiger partial charge >= 0.3 is 0 Å². The van der Waals surface area contributed by atoms with E-state index in [0.717, 1.165) is 25.0 Å². The molecule has 5 heterocycles. The third-order valence-electron chi connectivity index (χ3n) is 5.34. The molecule has 1 N–H and O–H groups in total. The summed E-state index contributed by atoms with van der Waals surface area (Å²) in [5.41, 5.74) is 1.20. The number of rotatable bonds is 6. The van der Waals surface area contributed by atoms with Gasteiger partial charge in [-0.05, 0) is 37.5 Å². The Balaban J connectivity index is 1.39. The van der Waals surface area contributed by atoms with Gasteiger partial charge in [-0.25, -0.2) is 4.98 Å². The number of nitrogens with zero attached hydrogens (tertiary/aromatic N) is 5. The molecule has 0 bridgehead atoms. The molecule has 1 fully saturated rings. The van der Waals surface area contributed by atoms with E-state index in [-0.39, 0.29) is 24.1 Å². The van der Waals surface area contributed by atoms with E-state index in [1.807, 2.05) is 6.92 Å². The number of hydrogen-bond donors (Lipinski definition) is 1. The molecule has 11 heteroatoms. The van der Waals surface area contributed by atoms with E-state index in [1.54, 1.807) is 24.5 Å². The van der Waals surface area contributed by atoms with Crippen molar-refractivity contribution in [2.45, 2.75) is 32.4 Å². The zero-order valence-corrected chi connectivity index (χ0v) is 18.1. The molecule has 4 aromatic heterocycles. The summed E-state index contributed by atoms with van der Waals surface area (Å²) in [7, 11) is 0. The van der Waals surface area contributed by atoms with Crippen LogP contribution in [0.15, 0.2) is 40.2 Å². The third kappa shape index (κ3) is 3.92. The average Bonchev–Trinajstić information content (AvgIpc) is 3.55. The van der Waals surface area contributed by atoms with Gasteiger partial charge in [-0.3, -0.25) is 19.1 Å². The molecular formula is C21H20N6O4S. The predicted molar refractivity (Wildman–Crippen MR) is 117 cm³/mol. The second-order valence-electron chi connectivity index (χ2n) is 7.51. The number of aryl methyl sites for hydroxylation is 1. The molecule has 1 amide bonds. The summed E-state index contributed by atoms with van der Waals surface area (Å²) in [6, 6.07) is 3.58. The molecule has 0 saturated carbocycles. The van der Waals surface area contributed by atoms with Crippen molar-refractivity contribution in [3.8, 4) is 22.2 Å². The summed E-state index contributed by atoms with van der Waals surface area (Å²) >= 11 is 1.30. The maximum atomic E-state index is 13.1. The van der Waals surface area contributed by atoms with E-state index in [2.05, 4.69) is 25.4 Å². The number of hydrogen-bond acceptors (Lipinski definition) is 9. The summed E-state index contributed by atoms with van der Waals surface area (Å²) in [5.74, 6) is 0.501. The van der Waals surface area contributed by atoms with Crippen LogP contribution in [0, 0.1) is 6.92 Å². The molecule has 0 spiro atoms. The van der Waals surface area contributed by atoms with Crippen molar-refractivity contribution in [3.05, 3.63) is 46.8 Å². The summed E-state index contributed by atoms with van der Waals surface area (Å²) in [6.45, 7) is 2.88. The minimum absolute atomic E-state index is 0.0457. The SMILES string of the molecule is Cc1c(-c2nc(-c3ccncc3)no2)sc2ncn(CC(=O)NCC3CCCO3)c(=O)c12. The Labute approximate surface area is 186 Å². The van der Waals surface area contributed by atoms with Gasteiger partial charge in [0, 0.05) is 31.1 Å². The number of aromatic nitrogens is 5. The fourth-order valence-electron chi connectivity index (χ4n) is 3.65. The molecule has 1 atom stereocenters. The Kier molecular flexibility index (Phi) is 5.50. The first-order chi connectivity index (χ1) is 15.6. The van der Waals surface area contributed by atoms with Gasteiger partial charge in [0.25, 0.3) is 11.4 Å². The molecule has 4 aromatic rings. The largest absolute Gasteiger partial charge is 0.376 e. The molecule has 5 rings (SSSR count). The van der Waals surface area contributed by atoms with E-state index in [4.69, 9.17) is 9.26 Å². The second-order valence-corrected chi connectivity index (χ2v) is 8.51. The van der Waals surface area contributed by atoms with Gasteiger partial charge in [0.1, 0.15) is 11.4 Å². The molecule has 10 nitrogen and oxygen atoms in total. The summed E-state index contributed by atoms with van der Waals surface area (Å²) in [4.78, 5) is 39.5. The van der Waals surface area contributed by atoms with Crippen LogP contribution in [0.3, 0.4) is 0 Å². The molecule has 0 aliphatic carbocycles. The summed E-state index contributed by atoms with van der Waals surface area (Å²) in [6.07, 6.45) is 6.68. The van der Waals surface area contributed by atoms with E-state index >= 15 is 0 Å². The van der Waals surface area contributed by atoms with Gasteiger partial charge in [-0.2, -0.15) is 4.98 Å². The molecule has 0 aromatic carbocycles. The Morgan fingerprint density at radius 3 is 2.97 bits per heavy atom. The number of carbonyl (C=O) groups excluding carboxylic acids is 1. The number of amides is 1. The van der Waals surface area contributed by atoms with Crippen molar-refractivity contribution < 1.29 is 14.1 Å². The Morgan fingerprint density at radius 2 is 2.19 bits per heavy atom. The van der Waals surface area contributed by atoms with Crippen LogP contribution in [-0.2, 0) is 16.1 Å². The van der Waals surface area contributed by atoms with Crippen molar-refractivity contribution in [2.24, 2.45) is 0 Å². The first-order valence-electron chi connectivity index (χ1n) is 10.2. The lowest BCUT2D eigenvalue weighted by Gasteiger charge is -2.11. The van der Waals surface area contributed by atoms with Crippen molar-refractivity contribution in [1.82, 2.24) is 30.0 Å². The summed E-state index contributed by atoms with van der Waals surface area (Å²) < 4.78 is 12.3. The molecule has 0 radical (unpaired) electrons. The highest BCUT2D eigenvalue weighted by Gasteiger charge is 2.21. The zero-order valence-electron chi connectivity index (χ0n) is 17.3. The van der Waals surface area contributed by atoms with Crippen LogP contribution in [-0.4, -0.2) is 49.8 Å². The predicted octanol–water partition coefficient (Wildman–Crippen LogP) is 2.17. The van der Waals surface area contributed by atoms with Crippen LogP contribution in [0.5, 0.6) is 0 Å². The second kappa shape index (κ2) is 8.60. The van der Waals surface area contributed by atoms with Crippen molar-refractivity contribution >= 4 is 27.5 Å². The lowest BCUT2D eigenvalue weighted by Crippen LogP contribution is -2.36. The molecular weight excluding hydrogens is 432 g/mol. The first kappa shape index (κ1) is 20.5. The number of fused-ring (bicyclic) bond motifs is 1. The van der Waals surface area contributed by atoms with Gasteiger partial charge in [-0.1, -0.05) is 5.16 Å². The Hall–Kier alpha value is -3.44. The lowest BCUT2D eigenvalue weighted by atomic mass is 10.2. The number of carbonyl (C=O) groups is 1. The smallest absolute Gasteiger partial charge is 0.268 e. The molecule has 1 saturated heterocycles. The number of nitrogens with one attached hydrogen (secondary N) is 1. The molecule has 1 aliphatic heterocycles. The van der Waals surface area contributed by atoms with Gasteiger partial charge in [-0.15, -0.1) is 11.3 Å². The molecule has 1 unspecified atom stereocenters. The van der Waals surface area contributed by atoms with Crippen LogP contribution >= 0.6 is 11.3 Å². The minimum atomic E-state index is -0.281. The fraction of sp³-hybridized carbons (Fsp3) is 0.333. The van der Waals surface area contributed by atoms with Gasteiger partial charge in [0.15, 0.2) is 0 Å². The number of thiophene rings is 1. The normalized spacial score (nSPS) is 16.0. The van der Waals surface area contributed by atoms with Crippen molar-refractivity contribution in [1.29, 1.82) is 0 Å². The number of pyridine rings is 1. The van der Waals surface area contributed by atoms with Gasteiger partial charge in [0.05, 0.1) is 22.7 Å². The van der Waals surface area contributed by atoms with E-state index in [1.165, 1.54) is 22.2 Å². The molecule has 164 valence electrons.